The number of benzene rings is 2. The summed E-state index contributed by atoms with van der Waals surface area (Å²) in [5.74, 6) is -0.450. The number of amides is 2. The minimum atomic E-state index is -0.225. The topological polar surface area (TPSA) is 110 Å². The monoisotopic (exact) mass is 298 g/mol. The first kappa shape index (κ1) is 15.4. The van der Waals surface area contributed by atoms with Crippen molar-refractivity contribution in [3.05, 3.63) is 48.5 Å². The van der Waals surface area contributed by atoms with Crippen molar-refractivity contribution in [1.29, 1.82) is 0 Å². The van der Waals surface area contributed by atoms with E-state index < -0.39 is 0 Å². The molecule has 2 rings (SSSR count). The van der Waals surface area contributed by atoms with Gasteiger partial charge in [0.2, 0.25) is 11.8 Å². The first-order valence-corrected chi connectivity index (χ1v) is 6.84. The smallest absolute Gasteiger partial charge is 0.224 e. The first-order valence-electron chi connectivity index (χ1n) is 6.84. The van der Waals surface area contributed by atoms with Crippen LogP contribution in [0.25, 0.3) is 0 Å². The third kappa shape index (κ3) is 4.82. The SMILES string of the molecule is Nc1ccc(NC(=O)CCC(=O)Nc2ccc(N)cc2)cc1. The second-order valence-electron chi connectivity index (χ2n) is 4.84. The fraction of sp³-hybridized carbons (Fsp3) is 0.125. The van der Waals surface area contributed by atoms with Crippen molar-refractivity contribution < 1.29 is 9.59 Å². The minimum absolute atomic E-state index is 0.102. The van der Waals surface area contributed by atoms with Gasteiger partial charge in [0.15, 0.2) is 0 Å². The van der Waals surface area contributed by atoms with Gasteiger partial charge in [0.05, 0.1) is 0 Å². The summed E-state index contributed by atoms with van der Waals surface area (Å²) in [5, 5.41) is 5.41. The van der Waals surface area contributed by atoms with Crippen molar-refractivity contribution >= 4 is 34.6 Å². The van der Waals surface area contributed by atoms with Crippen LogP contribution in [0.3, 0.4) is 0 Å². The molecule has 0 heterocycles. The van der Waals surface area contributed by atoms with E-state index in [1.807, 2.05) is 0 Å². The summed E-state index contributed by atoms with van der Waals surface area (Å²) >= 11 is 0. The van der Waals surface area contributed by atoms with Gasteiger partial charge in [-0.1, -0.05) is 0 Å². The molecule has 0 unspecified atom stereocenters. The molecule has 0 saturated carbocycles. The van der Waals surface area contributed by atoms with Gasteiger partial charge in [-0.3, -0.25) is 9.59 Å². The van der Waals surface area contributed by atoms with E-state index in [0.29, 0.717) is 22.7 Å². The van der Waals surface area contributed by atoms with Crippen LogP contribution in [0, 0.1) is 0 Å². The molecule has 2 aromatic rings. The lowest BCUT2D eigenvalue weighted by Gasteiger charge is -2.07. The van der Waals surface area contributed by atoms with Crippen molar-refractivity contribution in [3.63, 3.8) is 0 Å². The van der Waals surface area contributed by atoms with E-state index in [0.717, 1.165) is 0 Å². The average Bonchev–Trinajstić information content (AvgIpc) is 2.50. The molecular weight excluding hydrogens is 280 g/mol. The lowest BCUT2D eigenvalue weighted by Crippen LogP contribution is -2.17. The number of nitrogens with one attached hydrogen (secondary N) is 2. The normalized spacial score (nSPS) is 10.0. The van der Waals surface area contributed by atoms with E-state index in [1.54, 1.807) is 48.5 Å². The molecule has 0 aliphatic rings. The summed E-state index contributed by atoms with van der Waals surface area (Å²) in [4.78, 5) is 23.5. The molecule has 0 saturated heterocycles. The number of carbonyl (C=O) groups excluding carboxylic acids is 2. The Labute approximate surface area is 128 Å². The fourth-order valence-electron chi connectivity index (χ4n) is 1.81. The van der Waals surface area contributed by atoms with E-state index in [4.69, 9.17) is 11.5 Å². The summed E-state index contributed by atoms with van der Waals surface area (Å²) in [6, 6.07) is 13.6. The van der Waals surface area contributed by atoms with Crippen molar-refractivity contribution in [3.8, 4) is 0 Å². The standard InChI is InChI=1S/C16H18N4O2/c17-11-1-5-13(6-2-11)19-15(21)9-10-16(22)20-14-7-3-12(18)4-8-14/h1-8H,9-10,17-18H2,(H,19,21)(H,20,22). The van der Waals surface area contributed by atoms with Crippen LogP contribution in [0.4, 0.5) is 22.7 Å². The maximum Gasteiger partial charge on any atom is 0.224 e. The average molecular weight is 298 g/mol. The number of hydrogen-bond acceptors (Lipinski definition) is 4. The molecule has 0 aliphatic heterocycles. The maximum absolute atomic E-state index is 11.8. The van der Waals surface area contributed by atoms with Gasteiger partial charge < -0.3 is 22.1 Å². The predicted molar refractivity (Wildman–Crippen MR) is 88.2 cm³/mol. The van der Waals surface area contributed by atoms with E-state index in [9.17, 15) is 9.59 Å². The Morgan fingerprint density at radius 3 is 1.32 bits per heavy atom. The molecule has 114 valence electrons. The molecule has 0 fully saturated rings. The van der Waals surface area contributed by atoms with Crippen LogP contribution >= 0.6 is 0 Å². The highest BCUT2D eigenvalue weighted by Crippen LogP contribution is 2.12. The first-order chi connectivity index (χ1) is 10.5. The van der Waals surface area contributed by atoms with Gasteiger partial charge in [0.25, 0.3) is 0 Å². The predicted octanol–water partition coefficient (Wildman–Crippen LogP) is 2.21. The van der Waals surface area contributed by atoms with Gasteiger partial charge in [0, 0.05) is 35.6 Å². The molecule has 0 atom stereocenters. The zero-order chi connectivity index (χ0) is 15.9. The molecule has 0 aromatic heterocycles. The number of rotatable bonds is 5. The lowest BCUT2D eigenvalue weighted by atomic mass is 10.2. The number of nitrogens with two attached hydrogens (primary N) is 2. The Hall–Kier alpha value is -3.02. The molecule has 6 heteroatoms. The molecule has 22 heavy (non-hydrogen) atoms. The summed E-state index contributed by atoms with van der Waals surface area (Å²) in [6.07, 6.45) is 0.205. The largest absolute Gasteiger partial charge is 0.399 e. The Morgan fingerprint density at radius 1 is 0.682 bits per heavy atom. The number of nitrogen functional groups attached to an aromatic ring is 2. The van der Waals surface area contributed by atoms with Crippen LogP contribution in [-0.2, 0) is 9.59 Å². The van der Waals surface area contributed by atoms with Gasteiger partial charge in [-0.25, -0.2) is 0 Å². The van der Waals surface area contributed by atoms with E-state index in [1.165, 1.54) is 0 Å². The molecule has 0 bridgehead atoms. The molecule has 2 amide bonds. The molecule has 6 N–H and O–H groups in total. The second-order valence-corrected chi connectivity index (χ2v) is 4.84. The van der Waals surface area contributed by atoms with Crippen molar-refractivity contribution in [1.82, 2.24) is 0 Å². The maximum atomic E-state index is 11.8. The Morgan fingerprint density at radius 2 is 1.00 bits per heavy atom. The molecule has 0 aliphatic carbocycles. The van der Waals surface area contributed by atoms with Crippen molar-refractivity contribution in [2.75, 3.05) is 22.1 Å². The molecular formula is C16H18N4O2. The zero-order valence-electron chi connectivity index (χ0n) is 12.0. The Kier molecular flexibility index (Phi) is 4.98. The minimum Gasteiger partial charge on any atom is -0.399 e. The molecule has 2 aromatic carbocycles. The number of carbonyl (C=O) groups is 2. The van der Waals surface area contributed by atoms with Crippen LogP contribution in [0.15, 0.2) is 48.5 Å². The summed E-state index contributed by atoms with van der Waals surface area (Å²) in [6.45, 7) is 0. The highest BCUT2D eigenvalue weighted by atomic mass is 16.2. The van der Waals surface area contributed by atoms with Crippen LogP contribution in [-0.4, -0.2) is 11.8 Å². The molecule has 6 nitrogen and oxygen atoms in total. The van der Waals surface area contributed by atoms with Crippen LogP contribution in [0.1, 0.15) is 12.8 Å². The zero-order valence-corrected chi connectivity index (χ0v) is 12.0. The molecule has 0 spiro atoms. The lowest BCUT2D eigenvalue weighted by molar-refractivity contribution is -0.121. The van der Waals surface area contributed by atoms with Gasteiger partial charge >= 0.3 is 0 Å². The Bertz CT molecular complexity index is 591. The van der Waals surface area contributed by atoms with Gasteiger partial charge in [0.1, 0.15) is 0 Å². The Balaban J connectivity index is 1.76. The van der Waals surface area contributed by atoms with Crippen molar-refractivity contribution in [2.24, 2.45) is 0 Å². The van der Waals surface area contributed by atoms with Crippen LogP contribution in [0.5, 0.6) is 0 Å². The number of hydrogen-bond donors (Lipinski definition) is 4. The van der Waals surface area contributed by atoms with Gasteiger partial charge in [-0.2, -0.15) is 0 Å². The van der Waals surface area contributed by atoms with Crippen LogP contribution in [0.2, 0.25) is 0 Å². The molecule has 0 radical (unpaired) electrons. The third-order valence-electron chi connectivity index (χ3n) is 2.97. The van der Waals surface area contributed by atoms with Gasteiger partial charge in [-0.05, 0) is 48.5 Å². The van der Waals surface area contributed by atoms with E-state index in [2.05, 4.69) is 10.6 Å². The van der Waals surface area contributed by atoms with Crippen LogP contribution < -0.4 is 22.1 Å². The highest BCUT2D eigenvalue weighted by molar-refractivity contribution is 5.96. The van der Waals surface area contributed by atoms with Gasteiger partial charge in [-0.15, -0.1) is 0 Å². The highest BCUT2D eigenvalue weighted by Gasteiger charge is 2.07. The summed E-state index contributed by atoms with van der Waals surface area (Å²) in [7, 11) is 0. The van der Waals surface area contributed by atoms with E-state index >= 15 is 0 Å². The van der Waals surface area contributed by atoms with E-state index in [-0.39, 0.29) is 24.7 Å². The summed E-state index contributed by atoms with van der Waals surface area (Å²) in [5.41, 5.74) is 13.7. The number of anilines is 4. The summed E-state index contributed by atoms with van der Waals surface area (Å²) < 4.78 is 0. The quantitative estimate of drug-likeness (QED) is 0.634. The fourth-order valence-corrected chi connectivity index (χ4v) is 1.81. The second kappa shape index (κ2) is 7.12. The van der Waals surface area contributed by atoms with Crippen molar-refractivity contribution in [2.45, 2.75) is 12.8 Å². The third-order valence-corrected chi connectivity index (χ3v) is 2.97.